The van der Waals surface area contributed by atoms with E-state index >= 15 is 0 Å². The number of carbonyl (C=O) groups is 2. The van der Waals surface area contributed by atoms with Crippen LogP contribution in [0.2, 0.25) is 0 Å². The summed E-state index contributed by atoms with van der Waals surface area (Å²) < 4.78 is 42.7. The minimum Gasteiger partial charge on any atom is -0.870 e. The van der Waals surface area contributed by atoms with Crippen molar-refractivity contribution in [1.29, 1.82) is 0 Å². The quantitative estimate of drug-likeness (QED) is 0.0249. The molecule has 5 aromatic rings. The number of carbonyl (C=O) groups excluding carboxylic acids is 2. The zero-order valence-corrected chi connectivity index (χ0v) is 40.3. The number of amidine groups is 1. The van der Waals surface area contributed by atoms with Crippen molar-refractivity contribution in [2.75, 3.05) is 36.8 Å². The molecule has 0 spiro atoms. The van der Waals surface area contributed by atoms with E-state index < -0.39 is 17.4 Å². The van der Waals surface area contributed by atoms with Gasteiger partial charge in [0.15, 0.2) is 29.1 Å². The zero-order chi connectivity index (χ0) is 45.6. The summed E-state index contributed by atoms with van der Waals surface area (Å²) in [5, 5.41) is 39.3. The van der Waals surface area contributed by atoms with Gasteiger partial charge in [-0.2, -0.15) is 0 Å². The second kappa shape index (κ2) is 25.9. The maximum atomic E-state index is 13.6. The maximum Gasteiger partial charge on any atom is 1.00 e. The van der Waals surface area contributed by atoms with Crippen molar-refractivity contribution in [2.24, 2.45) is 38.3 Å². The molecule has 0 atom stereocenters. The summed E-state index contributed by atoms with van der Waals surface area (Å²) >= 11 is 6.16. The molecule has 2 aliphatic carbocycles. The topological polar surface area (TPSA) is 360 Å². The molecule has 66 heavy (non-hydrogen) atoms. The largest absolute Gasteiger partial charge is 1.00 e. The van der Waals surface area contributed by atoms with Crippen molar-refractivity contribution in [3.8, 4) is 17.2 Å². The fourth-order valence-corrected chi connectivity index (χ4v) is 7.32. The maximum absolute atomic E-state index is 13.6. The van der Waals surface area contributed by atoms with Gasteiger partial charge in [0.05, 0.1) is 33.4 Å². The molecule has 0 aliphatic heterocycles. The van der Waals surface area contributed by atoms with E-state index in [1.165, 1.54) is 36.4 Å². The molecule has 7 rings (SSSR count). The van der Waals surface area contributed by atoms with E-state index in [1.54, 1.807) is 0 Å². The van der Waals surface area contributed by atoms with Crippen LogP contribution in [-0.2, 0) is 9.59 Å². The molecule has 0 bridgehead atoms. The molecule has 2 aromatic carbocycles. The number of aromatic nitrogens is 6. The minimum atomic E-state index is -0.798. The van der Waals surface area contributed by atoms with Crippen LogP contribution in [0, 0.1) is 23.5 Å². The van der Waals surface area contributed by atoms with Gasteiger partial charge >= 0.3 is 35.3 Å². The molecule has 3 heterocycles. The van der Waals surface area contributed by atoms with Gasteiger partial charge in [0.1, 0.15) is 11.6 Å². The van der Waals surface area contributed by atoms with Crippen LogP contribution in [-0.4, -0.2) is 96.8 Å². The summed E-state index contributed by atoms with van der Waals surface area (Å²) in [5.74, 6) is -1.53. The summed E-state index contributed by atoms with van der Waals surface area (Å²) in [6, 6.07) is 8.07. The van der Waals surface area contributed by atoms with E-state index in [1.807, 2.05) is 5.48 Å². The Kier molecular flexibility index (Phi) is 20.8. The van der Waals surface area contributed by atoms with Crippen LogP contribution >= 0.6 is 31.9 Å². The number of nitrogens with one attached hydrogen (secondary N) is 5. The molecular weight excluding hydrogens is 1020 g/mol. The van der Waals surface area contributed by atoms with Crippen molar-refractivity contribution in [3.05, 3.63) is 73.2 Å². The second-order valence-corrected chi connectivity index (χ2v) is 15.8. The second-order valence-electron chi connectivity index (χ2n) is 14.1. The van der Waals surface area contributed by atoms with Crippen molar-refractivity contribution in [2.45, 2.75) is 51.4 Å². The molecule has 2 amide bonds. The first-order valence-corrected chi connectivity index (χ1v) is 21.3. The number of amides is 2. The molecule has 0 radical (unpaired) electrons. The van der Waals surface area contributed by atoms with E-state index in [-0.39, 0.29) is 134 Å². The normalized spacial score (nSPS) is 14.4. The number of hydrogen-bond acceptors (Lipinski definition) is 18. The fraction of sp³-hybridized carbons (Fsp3) is 0.378. The van der Waals surface area contributed by atoms with Gasteiger partial charge < -0.3 is 27.6 Å². The van der Waals surface area contributed by atoms with Gasteiger partial charge in [-0.3, -0.25) is 45.4 Å². The summed E-state index contributed by atoms with van der Waals surface area (Å²) in [7, 11) is 0. The van der Waals surface area contributed by atoms with Crippen LogP contribution in [0.4, 0.5) is 26.1 Å². The Balaban J connectivity index is 0.000000281. The first-order valence-electron chi connectivity index (χ1n) is 19.7. The van der Waals surface area contributed by atoms with Crippen LogP contribution in [0.3, 0.4) is 0 Å². The van der Waals surface area contributed by atoms with Gasteiger partial charge in [0, 0.05) is 24.9 Å². The Morgan fingerprint density at radius 3 is 1.88 bits per heavy atom. The average Bonchev–Trinajstić information content (AvgIpc) is 4.14. The van der Waals surface area contributed by atoms with Gasteiger partial charge in [-0.15, -0.1) is 0 Å². The number of rotatable bonds is 14. The number of hydrogen-bond donors (Lipinski definition) is 8. The van der Waals surface area contributed by atoms with Gasteiger partial charge in [-0.1, -0.05) is 30.8 Å². The van der Waals surface area contributed by atoms with Gasteiger partial charge in [-0.05, 0) is 115 Å². The number of anilines is 2. The third-order valence-electron chi connectivity index (χ3n) is 9.76. The Morgan fingerprint density at radius 2 is 1.32 bits per heavy atom. The molecular formula is C37H43Br2F2N16NaO8. The number of nitrogens with two attached hydrogens (primary N) is 2. The number of benzene rings is 2. The van der Waals surface area contributed by atoms with E-state index in [2.05, 4.69) is 93.9 Å². The van der Waals surface area contributed by atoms with Crippen molar-refractivity contribution in [1.82, 2.24) is 46.5 Å². The Morgan fingerprint density at radius 1 is 0.788 bits per heavy atom. The summed E-state index contributed by atoms with van der Waals surface area (Å²) in [6.45, 7) is 1.03. The molecule has 2 aliphatic rings. The van der Waals surface area contributed by atoms with E-state index in [4.69, 9.17) is 25.2 Å². The molecule has 0 saturated heterocycles. The zero-order valence-electron chi connectivity index (χ0n) is 35.1. The van der Waals surface area contributed by atoms with Crippen molar-refractivity contribution < 1.29 is 72.4 Å². The van der Waals surface area contributed by atoms with Crippen molar-refractivity contribution in [3.63, 3.8) is 0 Å². The first-order chi connectivity index (χ1) is 30.9. The molecule has 11 N–H and O–H groups in total. The molecule has 2 saturated carbocycles. The third kappa shape index (κ3) is 14.4. The van der Waals surface area contributed by atoms with Gasteiger partial charge in [-0.25, -0.2) is 32.4 Å². The van der Waals surface area contributed by atoms with Crippen LogP contribution < -0.4 is 73.5 Å². The summed E-state index contributed by atoms with van der Waals surface area (Å²) in [5.41, 5.74) is 14.3. The van der Waals surface area contributed by atoms with Gasteiger partial charge in [0.2, 0.25) is 29.3 Å². The van der Waals surface area contributed by atoms with Crippen LogP contribution in [0.15, 0.2) is 78.9 Å². The number of nitrogens with zero attached hydrogens (tertiary/aromatic N) is 9. The number of halogens is 4. The Hall–Kier alpha value is -5.65. The van der Waals surface area contributed by atoms with Crippen LogP contribution in [0.5, 0.6) is 0 Å². The standard InChI is InChI=1S/C19H20BrFN8O4.C18H22BrFN8O3.Na.H2O/c20-12-9-11(5-6-13(12)21)29-16(28-32-19(29)31)14-15(27-33-26-14)23-7-8-24-18(22)25-17(30)10-3-1-2-4-10;19-12-9-11(5-6-13(12)20)24-16(26-30)14-15(28-31-27-14)22-7-8-23-18(21)25-17(29)10-3-1-2-4-10;;/h5-6,9-10H,1-4,7-8H2,(H,23,27)(H3,22,24,25,30);5-6,9-10,30H,1-4,7-8H2,(H,22,28)(H,24,26)(H3,21,23,25,29);;1H2/q;;+1;/p-1. The molecule has 3 aromatic heterocycles. The SMILES string of the molecule is NC(=NCCNc1nonc1-c1noc(=O)n1-c1ccc(F)c(Br)c1)NC(=O)C1CCCC1.NC(=NCCNc1nonc1C(=Nc1ccc(F)c(Br)c1)NO)NC(=O)C1CCCC1.[Na+].[OH-]. The number of aliphatic imine (C=N–C) groups is 3. The minimum absolute atomic E-state index is 0. The predicted molar refractivity (Wildman–Crippen MR) is 235 cm³/mol. The van der Waals surface area contributed by atoms with E-state index in [9.17, 15) is 28.4 Å². The molecule has 0 unspecified atom stereocenters. The molecule has 2 fully saturated rings. The number of guanidine groups is 2. The molecule has 29 heteroatoms. The van der Waals surface area contributed by atoms with Gasteiger partial charge in [0.25, 0.3) is 0 Å². The monoisotopic (exact) mass is 1060 g/mol. The summed E-state index contributed by atoms with van der Waals surface area (Å²) in [4.78, 5) is 48.7. The summed E-state index contributed by atoms with van der Waals surface area (Å²) in [6.07, 6.45) is 7.69. The number of hydroxylamine groups is 1. The third-order valence-corrected chi connectivity index (χ3v) is 11.0. The molecule has 24 nitrogen and oxygen atoms in total. The van der Waals surface area contributed by atoms with E-state index in [0.29, 0.717) is 17.9 Å². The smallest absolute Gasteiger partial charge is 0.870 e. The van der Waals surface area contributed by atoms with Crippen LogP contribution in [0.25, 0.3) is 17.2 Å². The molecule has 348 valence electrons. The first kappa shape index (κ1) is 53.0. The Bertz CT molecular complexity index is 2560. The fourth-order valence-electron chi connectivity index (χ4n) is 6.59. The van der Waals surface area contributed by atoms with E-state index in [0.717, 1.165) is 55.9 Å². The van der Waals surface area contributed by atoms with Crippen LogP contribution in [0.1, 0.15) is 57.1 Å². The predicted octanol–water partition coefficient (Wildman–Crippen LogP) is 0.699. The van der Waals surface area contributed by atoms with Crippen molar-refractivity contribution >= 4 is 78.8 Å². The average molecular weight is 1060 g/mol. The Labute approximate surface area is 412 Å².